The minimum absolute atomic E-state index is 0.195. The third-order valence-corrected chi connectivity index (χ3v) is 2.37. The summed E-state index contributed by atoms with van der Waals surface area (Å²) in [4.78, 5) is 0. The van der Waals surface area contributed by atoms with Crippen molar-refractivity contribution in [1.82, 2.24) is 9.78 Å². The van der Waals surface area contributed by atoms with Gasteiger partial charge in [-0.1, -0.05) is 24.9 Å². The summed E-state index contributed by atoms with van der Waals surface area (Å²) >= 11 is 6.04. The molecule has 0 aromatic carbocycles. The average Bonchev–Trinajstić information content (AvgIpc) is 2.43. The fourth-order valence-electron chi connectivity index (χ4n) is 1.32. The second-order valence-electron chi connectivity index (χ2n) is 3.51. The first-order valence-electron chi connectivity index (χ1n) is 4.78. The molecule has 0 atom stereocenters. The largest absolute Gasteiger partial charge is 0.250 e. The standard InChI is InChI=1S/C10H14ClN3/c1-4-5-9-8(6-12)10(11)14(13-9)7(2)3/h7H,4-5H2,1-3H3. The molecule has 1 heterocycles. The van der Waals surface area contributed by atoms with Gasteiger partial charge in [-0.15, -0.1) is 0 Å². The summed E-state index contributed by atoms with van der Waals surface area (Å²) in [6.45, 7) is 6.05. The third kappa shape index (κ3) is 1.91. The molecule has 0 aliphatic rings. The Balaban J connectivity index is 3.19. The van der Waals surface area contributed by atoms with Gasteiger partial charge in [0.25, 0.3) is 0 Å². The number of halogens is 1. The molecule has 0 unspecified atom stereocenters. The second-order valence-corrected chi connectivity index (χ2v) is 3.87. The van der Waals surface area contributed by atoms with Crippen LogP contribution in [0.4, 0.5) is 0 Å². The van der Waals surface area contributed by atoms with E-state index in [0.29, 0.717) is 10.7 Å². The van der Waals surface area contributed by atoms with E-state index in [-0.39, 0.29) is 6.04 Å². The number of hydrogen-bond acceptors (Lipinski definition) is 2. The van der Waals surface area contributed by atoms with Gasteiger partial charge >= 0.3 is 0 Å². The van der Waals surface area contributed by atoms with Crippen molar-refractivity contribution in [3.05, 3.63) is 16.4 Å². The zero-order valence-electron chi connectivity index (χ0n) is 8.71. The van der Waals surface area contributed by atoms with Crippen molar-refractivity contribution in [3.8, 4) is 6.07 Å². The van der Waals surface area contributed by atoms with Crippen LogP contribution in [0.3, 0.4) is 0 Å². The van der Waals surface area contributed by atoms with Crippen LogP contribution >= 0.6 is 11.6 Å². The fraction of sp³-hybridized carbons (Fsp3) is 0.600. The molecule has 0 N–H and O–H groups in total. The van der Waals surface area contributed by atoms with E-state index in [1.54, 1.807) is 4.68 Å². The first-order chi connectivity index (χ1) is 6.61. The molecule has 1 aromatic rings. The number of hydrogen-bond donors (Lipinski definition) is 0. The van der Waals surface area contributed by atoms with Crippen LogP contribution in [-0.4, -0.2) is 9.78 Å². The first-order valence-corrected chi connectivity index (χ1v) is 5.16. The summed E-state index contributed by atoms with van der Waals surface area (Å²) in [5, 5.41) is 13.7. The molecule has 1 aromatic heterocycles. The van der Waals surface area contributed by atoms with Gasteiger partial charge in [0.05, 0.1) is 5.69 Å². The van der Waals surface area contributed by atoms with E-state index in [1.807, 2.05) is 13.8 Å². The summed E-state index contributed by atoms with van der Waals surface area (Å²) in [6, 6.07) is 2.30. The number of aryl methyl sites for hydroxylation is 1. The van der Waals surface area contributed by atoms with Crippen LogP contribution in [0, 0.1) is 11.3 Å². The number of nitrogens with zero attached hydrogens (tertiary/aromatic N) is 3. The maximum atomic E-state index is 8.93. The highest BCUT2D eigenvalue weighted by atomic mass is 35.5. The molecule has 0 aliphatic heterocycles. The van der Waals surface area contributed by atoms with Crippen LogP contribution in [0.25, 0.3) is 0 Å². The summed E-state index contributed by atoms with van der Waals surface area (Å²) in [5.41, 5.74) is 1.34. The highest BCUT2D eigenvalue weighted by molar-refractivity contribution is 6.30. The molecule has 0 saturated heterocycles. The van der Waals surface area contributed by atoms with Gasteiger partial charge in [-0.2, -0.15) is 10.4 Å². The molecular weight excluding hydrogens is 198 g/mol. The van der Waals surface area contributed by atoms with Crippen molar-refractivity contribution in [2.24, 2.45) is 0 Å². The summed E-state index contributed by atoms with van der Waals surface area (Å²) < 4.78 is 1.70. The van der Waals surface area contributed by atoms with E-state index in [4.69, 9.17) is 16.9 Å². The van der Waals surface area contributed by atoms with E-state index < -0.39 is 0 Å². The summed E-state index contributed by atoms with van der Waals surface area (Å²) in [5.74, 6) is 0. The fourth-order valence-corrected chi connectivity index (χ4v) is 1.71. The molecule has 1 rings (SSSR count). The van der Waals surface area contributed by atoms with Gasteiger partial charge in [-0.05, 0) is 20.3 Å². The van der Waals surface area contributed by atoms with Crippen molar-refractivity contribution in [2.75, 3.05) is 0 Å². The van der Waals surface area contributed by atoms with Crippen molar-refractivity contribution < 1.29 is 0 Å². The Bertz CT molecular complexity index is 360. The Hall–Kier alpha value is -1.01. The van der Waals surface area contributed by atoms with Gasteiger partial charge in [-0.25, -0.2) is 4.68 Å². The van der Waals surface area contributed by atoms with Crippen LogP contribution in [0.2, 0.25) is 5.15 Å². The third-order valence-electron chi connectivity index (χ3n) is 2.01. The lowest BCUT2D eigenvalue weighted by atomic mass is 10.2. The molecule has 3 nitrogen and oxygen atoms in total. The molecule has 0 aliphatic carbocycles. The zero-order chi connectivity index (χ0) is 10.7. The topological polar surface area (TPSA) is 41.6 Å². The summed E-state index contributed by atoms with van der Waals surface area (Å²) in [7, 11) is 0. The van der Waals surface area contributed by atoms with E-state index in [9.17, 15) is 0 Å². The van der Waals surface area contributed by atoms with Crippen molar-refractivity contribution in [3.63, 3.8) is 0 Å². The van der Waals surface area contributed by atoms with Gasteiger partial charge in [0.15, 0.2) is 0 Å². The van der Waals surface area contributed by atoms with E-state index in [1.165, 1.54) is 0 Å². The van der Waals surface area contributed by atoms with Crippen molar-refractivity contribution >= 4 is 11.6 Å². The molecule has 76 valence electrons. The lowest BCUT2D eigenvalue weighted by Gasteiger charge is -2.05. The molecule has 0 saturated carbocycles. The van der Waals surface area contributed by atoms with Gasteiger partial charge < -0.3 is 0 Å². The molecule has 4 heteroatoms. The Kier molecular flexibility index (Phi) is 3.54. The normalized spacial score (nSPS) is 10.6. The second kappa shape index (κ2) is 4.47. The monoisotopic (exact) mass is 211 g/mol. The van der Waals surface area contributed by atoms with Gasteiger partial charge in [0, 0.05) is 6.04 Å². The number of aromatic nitrogens is 2. The molecule has 14 heavy (non-hydrogen) atoms. The van der Waals surface area contributed by atoms with Crippen LogP contribution in [-0.2, 0) is 6.42 Å². The zero-order valence-corrected chi connectivity index (χ0v) is 9.47. The Morgan fingerprint density at radius 2 is 2.21 bits per heavy atom. The van der Waals surface area contributed by atoms with Gasteiger partial charge in [-0.3, -0.25) is 0 Å². The Morgan fingerprint density at radius 1 is 1.57 bits per heavy atom. The van der Waals surface area contributed by atoms with Crippen molar-refractivity contribution in [2.45, 2.75) is 39.7 Å². The number of nitriles is 1. The van der Waals surface area contributed by atoms with E-state index in [2.05, 4.69) is 18.1 Å². The predicted octanol–water partition coefficient (Wildman–Crippen LogP) is 2.94. The SMILES string of the molecule is CCCc1nn(C(C)C)c(Cl)c1C#N. The average molecular weight is 212 g/mol. The van der Waals surface area contributed by atoms with E-state index in [0.717, 1.165) is 18.5 Å². The smallest absolute Gasteiger partial charge is 0.145 e. The Labute approximate surface area is 89.3 Å². The summed E-state index contributed by atoms with van der Waals surface area (Å²) in [6.07, 6.45) is 1.78. The molecular formula is C10H14ClN3. The highest BCUT2D eigenvalue weighted by Gasteiger charge is 2.16. The molecule has 0 radical (unpaired) electrons. The maximum absolute atomic E-state index is 8.93. The lowest BCUT2D eigenvalue weighted by molar-refractivity contribution is 0.526. The van der Waals surface area contributed by atoms with Crippen LogP contribution in [0.5, 0.6) is 0 Å². The Morgan fingerprint density at radius 3 is 2.64 bits per heavy atom. The molecule has 0 fully saturated rings. The highest BCUT2D eigenvalue weighted by Crippen LogP contribution is 2.23. The quantitative estimate of drug-likeness (QED) is 0.772. The van der Waals surface area contributed by atoms with E-state index >= 15 is 0 Å². The van der Waals surface area contributed by atoms with Crippen LogP contribution in [0.1, 0.15) is 44.5 Å². The minimum Gasteiger partial charge on any atom is -0.250 e. The van der Waals surface area contributed by atoms with Crippen LogP contribution < -0.4 is 0 Å². The number of rotatable bonds is 3. The lowest BCUT2D eigenvalue weighted by Crippen LogP contribution is -2.03. The van der Waals surface area contributed by atoms with Crippen LogP contribution in [0.15, 0.2) is 0 Å². The van der Waals surface area contributed by atoms with Gasteiger partial charge in [0.1, 0.15) is 16.8 Å². The predicted molar refractivity (Wildman–Crippen MR) is 56.3 cm³/mol. The van der Waals surface area contributed by atoms with Crippen molar-refractivity contribution in [1.29, 1.82) is 5.26 Å². The molecule has 0 bridgehead atoms. The first kappa shape index (κ1) is 11.1. The molecule has 0 spiro atoms. The minimum atomic E-state index is 0.195. The maximum Gasteiger partial charge on any atom is 0.145 e. The van der Waals surface area contributed by atoms with Gasteiger partial charge in [0.2, 0.25) is 0 Å². The molecule has 0 amide bonds.